The minimum atomic E-state index is -3.52. The van der Waals surface area contributed by atoms with Gasteiger partial charge in [0.25, 0.3) is 0 Å². The Balaban J connectivity index is 1.53. The van der Waals surface area contributed by atoms with Gasteiger partial charge in [0, 0.05) is 23.7 Å². The van der Waals surface area contributed by atoms with Crippen LogP contribution in [0.4, 0.5) is 11.5 Å². The number of hydrogen-bond donors (Lipinski definition) is 1. The molecule has 0 amide bonds. The van der Waals surface area contributed by atoms with Gasteiger partial charge in [-0.25, -0.2) is 18.2 Å². The van der Waals surface area contributed by atoms with Gasteiger partial charge >= 0.3 is 5.97 Å². The third kappa shape index (κ3) is 4.61. The molecule has 0 spiro atoms. The number of fused-ring (bicyclic) bond motifs is 1. The van der Waals surface area contributed by atoms with Crippen LogP contribution in [0.5, 0.6) is 0 Å². The fraction of sp³-hybridized carbons (Fsp3) is 0.333. The second-order valence-corrected chi connectivity index (χ2v) is 9.82. The third-order valence-electron chi connectivity index (χ3n) is 5.68. The summed E-state index contributed by atoms with van der Waals surface area (Å²) in [7, 11) is -3.52. The summed E-state index contributed by atoms with van der Waals surface area (Å²) in [5.74, 6) is 0.272. The van der Waals surface area contributed by atoms with E-state index < -0.39 is 10.0 Å². The molecular formula is C24H27N3O4S. The first-order chi connectivity index (χ1) is 15.4. The van der Waals surface area contributed by atoms with Crippen molar-refractivity contribution in [2.24, 2.45) is 0 Å². The van der Waals surface area contributed by atoms with Crippen molar-refractivity contribution in [1.29, 1.82) is 0 Å². The second kappa shape index (κ2) is 9.26. The van der Waals surface area contributed by atoms with Gasteiger partial charge < -0.3 is 10.1 Å². The zero-order valence-corrected chi connectivity index (χ0v) is 19.1. The van der Waals surface area contributed by atoms with Crippen molar-refractivity contribution in [2.45, 2.75) is 44.0 Å². The van der Waals surface area contributed by atoms with Crippen molar-refractivity contribution < 1.29 is 17.9 Å². The molecule has 1 fully saturated rings. The van der Waals surface area contributed by atoms with Crippen LogP contribution >= 0.6 is 0 Å². The highest BCUT2D eigenvalue weighted by Crippen LogP contribution is 2.28. The van der Waals surface area contributed by atoms with Crippen LogP contribution in [0.15, 0.2) is 59.5 Å². The SMILES string of the molecule is CCOC(=O)c1ccc(Nc2ccc3cc(S(=O)(=O)N4CCCC[C@@H]4C)ccc3n2)cc1. The maximum absolute atomic E-state index is 13.1. The van der Waals surface area contributed by atoms with Crippen molar-refractivity contribution in [3.05, 3.63) is 60.2 Å². The average Bonchev–Trinajstić information content (AvgIpc) is 2.79. The Hall–Kier alpha value is -2.97. The van der Waals surface area contributed by atoms with E-state index >= 15 is 0 Å². The first-order valence-corrected chi connectivity index (χ1v) is 12.3. The molecule has 1 atom stereocenters. The summed E-state index contributed by atoms with van der Waals surface area (Å²) in [5.41, 5.74) is 1.97. The maximum Gasteiger partial charge on any atom is 0.338 e. The Morgan fingerprint density at radius 1 is 1.12 bits per heavy atom. The molecular weight excluding hydrogens is 426 g/mol. The van der Waals surface area contributed by atoms with Crippen LogP contribution in [0, 0.1) is 0 Å². The van der Waals surface area contributed by atoms with E-state index in [1.807, 2.05) is 19.1 Å². The first kappa shape index (κ1) is 22.2. The predicted octanol–water partition coefficient (Wildman–Crippen LogP) is 4.72. The van der Waals surface area contributed by atoms with E-state index in [0.29, 0.717) is 34.9 Å². The molecule has 4 rings (SSSR count). The highest BCUT2D eigenvalue weighted by atomic mass is 32.2. The smallest absolute Gasteiger partial charge is 0.338 e. The number of piperidine rings is 1. The van der Waals surface area contributed by atoms with E-state index in [4.69, 9.17) is 4.74 Å². The fourth-order valence-electron chi connectivity index (χ4n) is 3.95. The highest BCUT2D eigenvalue weighted by Gasteiger charge is 2.31. The maximum atomic E-state index is 13.1. The van der Waals surface area contributed by atoms with E-state index in [2.05, 4.69) is 10.3 Å². The van der Waals surface area contributed by atoms with Crippen molar-refractivity contribution in [1.82, 2.24) is 9.29 Å². The number of aromatic nitrogens is 1. The number of rotatable bonds is 6. The minimum absolute atomic E-state index is 0.0179. The van der Waals surface area contributed by atoms with Gasteiger partial charge in [0.05, 0.1) is 22.6 Å². The number of benzene rings is 2. The molecule has 3 aromatic rings. The summed E-state index contributed by atoms with van der Waals surface area (Å²) in [6.45, 7) is 4.64. The van der Waals surface area contributed by atoms with Crippen molar-refractivity contribution in [3.63, 3.8) is 0 Å². The van der Waals surface area contributed by atoms with Crippen LogP contribution in [0.3, 0.4) is 0 Å². The van der Waals surface area contributed by atoms with Crippen LogP contribution in [-0.2, 0) is 14.8 Å². The van der Waals surface area contributed by atoms with Crippen molar-refractivity contribution in [3.8, 4) is 0 Å². The van der Waals surface area contributed by atoms with E-state index in [1.165, 1.54) is 0 Å². The molecule has 1 N–H and O–H groups in total. The molecule has 2 heterocycles. The number of esters is 1. The Labute approximate surface area is 188 Å². The van der Waals surface area contributed by atoms with Gasteiger partial charge in [-0.15, -0.1) is 0 Å². The van der Waals surface area contributed by atoms with Gasteiger partial charge in [0.2, 0.25) is 10.0 Å². The molecule has 7 nitrogen and oxygen atoms in total. The van der Waals surface area contributed by atoms with Crippen LogP contribution in [0.25, 0.3) is 10.9 Å². The number of carbonyl (C=O) groups is 1. The van der Waals surface area contributed by atoms with Gasteiger partial charge in [-0.05, 0) is 81.3 Å². The normalized spacial score (nSPS) is 17.2. The molecule has 0 saturated carbocycles. The Bertz CT molecular complexity index is 1230. The Morgan fingerprint density at radius 3 is 2.62 bits per heavy atom. The van der Waals surface area contributed by atoms with E-state index in [0.717, 1.165) is 30.3 Å². The van der Waals surface area contributed by atoms with Crippen LogP contribution in [-0.4, -0.2) is 42.9 Å². The zero-order valence-electron chi connectivity index (χ0n) is 18.2. The number of nitrogens with zero attached hydrogens (tertiary/aromatic N) is 2. The lowest BCUT2D eigenvalue weighted by atomic mass is 10.1. The molecule has 0 radical (unpaired) electrons. The topological polar surface area (TPSA) is 88.6 Å². The summed E-state index contributed by atoms with van der Waals surface area (Å²) >= 11 is 0. The third-order valence-corrected chi connectivity index (χ3v) is 7.69. The quantitative estimate of drug-likeness (QED) is 0.544. The Morgan fingerprint density at radius 2 is 1.91 bits per heavy atom. The molecule has 2 aromatic carbocycles. The minimum Gasteiger partial charge on any atom is -0.462 e. The lowest BCUT2D eigenvalue weighted by Gasteiger charge is -2.32. The Kier molecular flexibility index (Phi) is 6.43. The highest BCUT2D eigenvalue weighted by molar-refractivity contribution is 7.89. The number of nitrogens with one attached hydrogen (secondary N) is 1. The molecule has 1 aliphatic heterocycles. The molecule has 1 aromatic heterocycles. The second-order valence-electron chi connectivity index (χ2n) is 7.93. The summed E-state index contributed by atoms with van der Waals surface area (Å²) in [5, 5.41) is 3.97. The zero-order chi connectivity index (χ0) is 22.7. The van der Waals surface area contributed by atoms with Crippen LogP contribution < -0.4 is 5.32 Å². The fourth-order valence-corrected chi connectivity index (χ4v) is 5.69. The van der Waals surface area contributed by atoms with Gasteiger partial charge in [-0.3, -0.25) is 0 Å². The first-order valence-electron chi connectivity index (χ1n) is 10.9. The largest absolute Gasteiger partial charge is 0.462 e. The van der Waals surface area contributed by atoms with Gasteiger partial charge in [0.15, 0.2) is 0 Å². The predicted molar refractivity (Wildman–Crippen MR) is 125 cm³/mol. The molecule has 1 saturated heterocycles. The number of carbonyl (C=O) groups excluding carboxylic acids is 1. The number of sulfonamides is 1. The van der Waals surface area contributed by atoms with E-state index in [1.54, 1.807) is 53.7 Å². The molecule has 8 heteroatoms. The molecule has 168 valence electrons. The molecule has 0 bridgehead atoms. The van der Waals surface area contributed by atoms with Crippen molar-refractivity contribution >= 4 is 38.4 Å². The molecule has 1 aliphatic rings. The monoisotopic (exact) mass is 453 g/mol. The van der Waals surface area contributed by atoms with Crippen molar-refractivity contribution in [2.75, 3.05) is 18.5 Å². The van der Waals surface area contributed by atoms with Gasteiger partial charge in [0.1, 0.15) is 5.82 Å². The summed E-state index contributed by atoms with van der Waals surface area (Å²) in [4.78, 5) is 16.7. The lowest BCUT2D eigenvalue weighted by molar-refractivity contribution is 0.0526. The van der Waals surface area contributed by atoms with Gasteiger partial charge in [-0.1, -0.05) is 6.42 Å². The number of pyridine rings is 1. The summed E-state index contributed by atoms with van der Waals surface area (Å²) in [6, 6.07) is 15.7. The molecule has 32 heavy (non-hydrogen) atoms. The summed E-state index contributed by atoms with van der Waals surface area (Å²) < 4.78 is 32.9. The summed E-state index contributed by atoms with van der Waals surface area (Å²) in [6.07, 6.45) is 2.86. The average molecular weight is 454 g/mol. The number of anilines is 2. The number of ether oxygens (including phenoxy) is 1. The lowest BCUT2D eigenvalue weighted by Crippen LogP contribution is -2.41. The van der Waals surface area contributed by atoms with Crippen LogP contribution in [0.1, 0.15) is 43.5 Å². The molecule has 0 aliphatic carbocycles. The van der Waals surface area contributed by atoms with E-state index in [-0.39, 0.29) is 12.0 Å². The van der Waals surface area contributed by atoms with Gasteiger partial charge in [-0.2, -0.15) is 4.31 Å². The van der Waals surface area contributed by atoms with E-state index in [9.17, 15) is 13.2 Å². The molecule has 0 unspecified atom stereocenters. The standard InChI is InChI=1S/C24H27N3O4S/c1-3-31-24(28)18-7-10-20(11-8-18)25-23-14-9-19-16-21(12-13-22(19)26-23)32(29,30)27-15-5-4-6-17(27)2/h7-14,16-17H,3-6,15H2,1-2H3,(H,25,26)/t17-/m0/s1. The number of hydrogen-bond acceptors (Lipinski definition) is 6. The van der Waals surface area contributed by atoms with Crippen LogP contribution in [0.2, 0.25) is 0 Å².